The van der Waals surface area contributed by atoms with Crippen LogP contribution in [-0.2, 0) is 0 Å². The summed E-state index contributed by atoms with van der Waals surface area (Å²) >= 11 is 0. The quantitative estimate of drug-likeness (QED) is 0.595. The summed E-state index contributed by atoms with van der Waals surface area (Å²) in [6.45, 7) is 1.92. The lowest BCUT2D eigenvalue weighted by Gasteiger charge is -1.93. The number of hydrogen-bond acceptors (Lipinski definition) is 3. The second kappa shape index (κ2) is 1.95. The fraction of sp³-hybridized carbons (Fsp3) is 0.143. The summed E-state index contributed by atoms with van der Waals surface area (Å²) in [5.41, 5.74) is 7.41. The highest BCUT2D eigenvalue weighted by Crippen LogP contribution is 2.09. The van der Waals surface area contributed by atoms with Gasteiger partial charge in [-0.3, -0.25) is 0 Å². The zero-order valence-electron chi connectivity index (χ0n) is 6.15. The fourth-order valence-electron chi connectivity index (χ4n) is 1.06. The number of aryl methyl sites for hydroxylation is 1. The predicted molar refractivity (Wildman–Crippen MR) is 42.1 cm³/mol. The van der Waals surface area contributed by atoms with Gasteiger partial charge in [0.2, 0.25) is 0 Å². The Morgan fingerprint density at radius 2 is 2.36 bits per heavy atom. The lowest BCUT2D eigenvalue weighted by atomic mass is 10.4. The third kappa shape index (κ3) is 0.832. The molecule has 4 nitrogen and oxygen atoms in total. The first-order chi connectivity index (χ1) is 5.27. The number of nitrogens with zero attached hydrogens (tertiary/aromatic N) is 3. The summed E-state index contributed by atoms with van der Waals surface area (Å²) in [7, 11) is 0. The van der Waals surface area contributed by atoms with E-state index in [4.69, 9.17) is 5.73 Å². The number of aromatic nitrogens is 3. The molecule has 0 saturated heterocycles. The van der Waals surface area contributed by atoms with Crippen LogP contribution in [0.5, 0.6) is 0 Å². The Labute approximate surface area is 63.7 Å². The van der Waals surface area contributed by atoms with Crippen molar-refractivity contribution < 1.29 is 0 Å². The molecule has 2 aromatic heterocycles. The molecule has 4 heteroatoms. The van der Waals surface area contributed by atoms with Crippen molar-refractivity contribution in [2.75, 3.05) is 5.73 Å². The van der Waals surface area contributed by atoms with E-state index in [0.29, 0.717) is 5.82 Å². The van der Waals surface area contributed by atoms with Gasteiger partial charge in [-0.2, -0.15) is 5.10 Å². The molecule has 2 aromatic rings. The molecule has 0 unspecified atom stereocenters. The van der Waals surface area contributed by atoms with Crippen LogP contribution >= 0.6 is 0 Å². The van der Waals surface area contributed by atoms with Gasteiger partial charge in [-0.1, -0.05) is 0 Å². The third-order valence-corrected chi connectivity index (χ3v) is 1.54. The standard InChI is InChI=1S/C7H8N4/c1-5-4-6-7(8)9-2-3-11(6)10-5/h2-4H,1H3,(H2,8,9). The van der Waals surface area contributed by atoms with Crippen LogP contribution in [0.3, 0.4) is 0 Å². The maximum absolute atomic E-state index is 5.60. The number of hydrogen-bond donors (Lipinski definition) is 1. The normalized spacial score (nSPS) is 10.6. The molecule has 2 heterocycles. The minimum Gasteiger partial charge on any atom is -0.382 e. The zero-order valence-corrected chi connectivity index (χ0v) is 6.15. The smallest absolute Gasteiger partial charge is 0.149 e. The Bertz CT molecular complexity index is 390. The highest BCUT2D eigenvalue weighted by molar-refractivity contribution is 5.64. The van der Waals surface area contributed by atoms with Crippen molar-refractivity contribution >= 4 is 11.3 Å². The molecule has 0 fully saturated rings. The number of anilines is 1. The van der Waals surface area contributed by atoms with Gasteiger partial charge in [-0.15, -0.1) is 0 Å². The Kier molecular flexibility index (Phi) is 1.09. The lowest BCUT2D eigenvalue weighted by Crippen LogP contribution is -1.94. The SMILES string of the molecule is Cc1cc2c(N)nccn2n1. The molecule has 0 aliphatic heterocycles. The molecule has 11 heavy (non-hydrogen) atoms. The first-order valence-corrected chi connectivity index (χ1v) is 3.34. The minimum absolute atomic E-state index is 0.521. The van der Waals surface area contributed by atoms with E-state index >= 15 is 0 Å². The molecule has 0 saturated carbocycles. The zero-order chi connectivity index (χ0) is 7.84. The number of fused-ring (bicyclic) bond motifs is 1. The molecular weight excluding hydrogens is 140 g/mol. The van der Waals surface area contributed by atoms with E-state index in [9.17, 15) is 0 Å². The van der Waals surface area contributed by atoms with Crippen LogP contribution in [-0.4, -0.2) is 14.6 Å². The van der Waals surface area contributed by atoms with E-state index < -0.39 is 0 Å². The van der Waals surface area contributed by atoms with Gasteiger partial charge in [0.1, 0.15) is 11.3 Å². The molecule has 56 valence electrons. The summed E-state index contributed by atoms with van der Waals surface area (Å²) in [6.07, 6.45) is 3.41. The number of rotatable bonds is 0. The van der Waals surface area contributed by atoms with Gasteiger partial charge < -0.3 is 5.73 Å². The minimum atomic E-state index is 0.521. The van der Waals surface area contributed by atoms with E-state index in [2.05, 4.69) is 10.1 Å². The van der Waals surface area contributed by atoms with Crippen molar-refractivity contribution in [2.45, 2.75) is 6.92 Å². The molecule has 0 bridgehead atoms. The highest BCUT2D eigenvalue weighted by Gasteiger charge is 1.99. The van der Waals surface area contributed by atoms with Gasteiger partial charge in [0.25, 0.3) is 0 Å². The van der Waals surface area contributed by atoms with Crippen molar-refractivity contribution in [2.24, 2.45) is 0 Å². The molecular formula is C7H8N4. The van der Waals surface area contributed by atoms with Crippen molar-refractivity contribution in [3.63, 3.8) is 0 Å². The molecule has 0 atom stereocenters. The van der Waals surface area contributed by atoms with Gasteiger partial charge in [0.15, 0.2) is 0 Å². The van der Waals surface area contributed by atoms with Crippen LogP contribution in [0, 0.1) is 6.92 Å². The molecule has 0 radical (unpaired) electrons. The molecule has 0 aromatic carbocycles. The van der Waals surface area contributed by atoms with Crippen molar-refractivity contribution in [1.29, 1.82) is 0 Å². The number of nitrogens with two attached hydrogens (primary N) is 1. The molecule has 0 amide bonds. The van der Waals surface area contributed by atoms with Crippen LogP contribution in [0.1, 0.15) is 5.69 Å². The van der Waals surface area contributed by atoms with E-state index in [-0.39, 0.29) is 0 Å². The van der Waals surface area contributed by atoms with Crippen molar-refractivity contribution in [1.82, 2.24) is 14.6 Å². The Morgan fingerprint density at radius 3 is 3.09 bits per heavy atom. The summed E-state index contributed by atoms with van der Waals surface area (Å²) in [5.74, 6) is 0.521. The summed E-state index contributed by atoms with van der Waals surface area (Å²) in [4.78, 5) is 3.94. The van der Waals surface area contributed by atoms with Gasteiger partial charge in [0.05, 0.1) is 5.69 Å². The Balaban J connectivity index is 2.90. The molecule has 0 aliphatic carbocycles. The fourth-order valence-corrected chi connectivity index (χ4v) is 1.06. The van der Waals surface area contributed by atoms with Crippen LogP contribution in [0.2, 0.25) is 0 Å². The lowest BCUT2D eigenvalue weighted by molar-refractivity contribution is 0.924. The van der Waals surface area contributed by atoms with E-state index in [1.54, 1.807) is 16.9 Å². The van der Waals surface area contributed by atoms with Crippen LogP contribution in [0.4, 0.5) is 5.82 Å². The van der Waals surface area contributed by atoms with Crippen molar-refractivity contribution in [3.8, 4) is 0 Å². The third-order valence-electron chi connectivity index (χ3n) is 1.54. The Hall–Kier alpha value is -1.58. The molecule has 0 spiro atoms. The second-order valence-electron chi connectivity index (χ2n) is 2.43. The largest absolute Gasteiger partial charge is 0.382 e. The summed E-state index contributed by atoms with van der Waals surface area (Å²) in [6, 6.07) is 1.91. The maximum atomic E-state index is 5.60. The average molecular weight is 148 g/mol. The topological polar surface area (TPSA) is 56.2 Å². The van der Waals surface area contributed by atoms with E-state index in [0.717, 1.165) is 11.2 Å². The van der Waals surface area contributed by atoms with Gasteiger partial charge in [-0.05, 0) is 13.0 Å². The summed E-state index contributed by atoms with van der Waals surface area (Å²) < 4.78 is 1.72. The van der Waals surface area contributed by atoms with Crippen molar-refractivity contribution in [3.05, 3.63) is 24.2 Å². The Morgan fingerprint density at radius 1 is 1.55 bits per heavy atom. The molecule has 2 rings (SSSR count). The van der Waals surface area contributed by atoms with Gasteiger partial charge in [-0.25, -0.2) is 9.50 Å². The maximum Gasteiger partial charge on any atom is 0.149 e. The van der Waals surface area contributed by atoms with Gasteiger partial charge in [0, 0.05) is 12.4 Å². The molecule has 0 aliphatic rings. The average Bonchev–Trinajstić information content (AvgIpc) is 2.31. The van der Waals surface area contributed by atoms with E-state index in [1.807, 2.05) is 13.0 Å². The van der Waals surface area contributed by atoms with E-state index in [1.165, 1.54) is 0 Å². The highest BCUT2D eigenvalue weighted by atomic mass is 15.2. The monoisotopic (exact) mass is 148 g/mol. The number of nitrogen functional groups attached to an aromatic ring is 1. The first-order valence-electron chi connectivity index (χ1n) is 3.34. The van der Waals surface area contributed by atoms with Crippen LogP contribution < -0.4 is 5.73 Å². The molecule has 2 N–H and O–H groups in total. The summed E-state index contributed by atoms with van der Waals surface area (Å²) in [5, 5.41) is 4.17. The predicted octanol–water partition coefficient (Wildman–Crippen LogP) is 0.620. The van der Waals surface area contributed by atoms with Crippen LogP contribution in [0.15, 0.2) is 18.5 Å². The van der Waals surface area contributed by atoms with Crippen LogP contribution in [0.25, 0.3) is 5.52 Å². The second-order valence-corrected chi connectivity index (χ2v) is 2.43. The van der Waals surface area contributed by atoms with Gasteiger partial charge >= 0.3 is 0 Å². The first kappa shape index (κ1) is 6.15.